The van der Waals surface area contributed by atoms with Crippen molar-refractivity contribution in [2.24, 2.45) is 5.92 Å². The summed E-state index contributed by atoms with van der Waals surface area (Å²) in [5, 5.41) is 6.76. The van der Waals surface area contributed by atoms with E-state index < -0.39 is 0 Å². The summed E-state index contributed by atoms with van der Waals surface area (Å²) in [5.41, 5.74) is 1.67. The number of nitrogens with zero attached hydrogens (tertiary/aromatic N) is 1. The van der Waals surface area contributed by atoms with E-state index in [1.54, 1.807) is 6.07 Å². The van der Waals surface area contributed by atoms with Crippen LogP contribution in [0, 0.1) is 5.92 Å². The smallest absolute Gasteiger partial charge is 0.273 e. The van der Waals surface area contributed by atoms with Gasteiger partial charge in [0.2, 0.25) is 0 Å². The minimum absolute atomic E-state index is 0.171. The van der Waals surface area contributed by atoms with Gasteiger partial charge in [-0.25, -0.2) is 0 Å². The maximum Gasteiger partial charge on any atom is 0.273 e. The molecule has 2 aromatic rings. The molecule has 1 N–H and O–H groups in total. The number of nitrogens with one attached hydrogen (secondary N) is 1. The van der Waals surface area contributed by atoms with E-state index in [0.717, 1.165) is 44.7 Å². The molecule has 0 bridgehead atoms. The summed E-state index contributed by atoms with van der Waals surface area (Å²) in [4.78, 5) is 12.0. The van der Waals surface area contributed by atoms with E-state index in [9.17, 15) is 4.79 Å². The number of carbonyl (C=O) groups excluding carboxylic acids is 1. The predicted octanol–water partition coefficient (Wildman–Crippen LogP) is 2.62. The molecule has 0 radical (unpaired) electrons. The first-order valence-electron chi connectivity index (χ1n) is 8.17. The summed E-state index contributed by atoms with van der Waals surface area (Å²) >= 11 is 0. The molecular formula is C18H22N2O3. The highest BCUT2D eigenvalue weighted by Crippen LogP contribution is 2.12. The Morgan fingerprint density at radius 1 is 1.26 bits per heavy atom. The molecule has 0 saturated carbocycles. The van der Waals surface area contributed by atoms with Crippen LogP contribution in [0.1, 0.15) is 34.7 Å². The first-order chi connectivity index (χ1) is 11.3. The number of hydrogen-bond acceptors (Lipinski definition) is 4. The van der Waals surface area contributed by atoms with E-state index in [0.29, 0.717) is 18.2 Å². The summed E-state index contributed by atoms with van der Waals surface area (Å²) in [6, 6.07) is 12.1. The number of hydrogen-bond donors (Lipinski definition) is 1. The van der Waals surface area contributed by atoms with Crippen molar-refractivity contribution in [1.29, 1.82) is 0 Å². The fourth-order valence-electron chi connectivity index (χ4n) is 2.72. The lowest BCUT2D eigenvalue weighted by molar-refractivity contribution is 0.0936. The van der Waals surface area contributed by atoms with Gasteiger partial charge in [-0.15, -0.1) is 0 Å². The molecule has 3 rings (SSSR count). The zero-order chi connectivity index (χ0) is 15.9. The molecule has 122 valence electrons. The zero-order valence-electron chi connectivity index (χ0n) is 13.2. The molecule has 5 nitrogen and oxygen atoms in total. The maximum absolute atomic E-state index is 12.0. The Morgan fingerprint density at radius 2 is 2.13 bits per heavy atom. The Balaban J connectivity index is 1.42. The lowest BCUT2D eigenvalue weighted by atomic mass is 10.1. The molecule has 1 saturated heterocycles. The molecule has 0 spiro atoms. The number of rotatable bonds is 7. The number of aromatic nitrogens is 1. The average Bonchev–Trinajstić information content (AvgIpc) is 3.25. The van der Waals surface area contributed by atoms with E-state index >= 15 is 0 Å². The van der Waals surface area contributed by atoms with Crippen LogP contribution in [-0.4, -0.2) is 30.8 Å². The van der Waals surface area contributed by atoms with Crippen LogP contribution >= 0.6 is 0 Å². The molecule has 1 aliphatic rings. The highest BCUT2D eigenvalue weighted by atomic mass is 16.5. The zero-order valence-corrected chi connectivity index (χ0v) is 13.2. The van der Waals surface area contributed by atoms with Crippen molar-refractivity contribution < 1.29 is 14.1 Å². The molecule has 1 fully saturated rings. The number of amides is 1. The third-order valence-electron chi connectivity index (χ3n) is 4.10. The van der Waals surface area contributed by atoms with E-state index in [1.807, 2.05) is 18.2 Å². The van der Waals surface area contributed by atoms with E-state index in [2.05, 4.69) is 22.6 Å². The van der Waals surface area contributed by atoms with Gasteiger partial charge in [-0.2, -0.15) is 0 Å². The fourth-order valence-corrected chi connectivity index (χ4v) is 2.72. The van der Waals surface area contributed by atoms with Gasteiger partial charge in [0.15, 0.2) is 5.69 Å². The second kappa shape index (κ2) is 7.92. The minimum atomic E-state index is -0.171. The van der Waals surface area contributed by atoms with Crippen molar-refractivity contribution in [2.75, 3.05) is 19.8 Å². The van der Waals surface area contributed by atoms with Crippen LogP contribution in [0.3, 0.4) is 0 Å². The molecule has 1 unspecified atom stereocenters. The van der Waals surface area contributed by atoms with E-state index in [-0.39, 0.29) is 5.91 Å². The standard InChI is InChI=1S/C18H22N2O3/c21-18(19-12-15-9-10-22-13-15)17-11-16(23-20-17)8-4-7-14-5-2-1-3-6-14/h1-3,5-6,11,15H,4,7-10,12-13H2,(H,19,21). The van der Waals surface area contributed by atoms with Gasteiger partial charge in [-0.05, 0) is 24.8 Å². The van der Waals surface area contributed by atoms with Gasteiger partial charge < -0.3 is 14.6 Å². The molecule has 5 heteroatoms. The van der Waals surface area contributed by atoms with Crippen LogP contribution in [0.5, 0.6) is 0 Å². The monoisotopic (exact) mass is 314 g/mol. The molecule has 1 aromatic carbocycles. The first-order valence-corrected chi connectivity index (χ1v) is 8.17. The molecule has 1 aromatic heterocycles. The highest BCUT2D eigenvalue weighted by Gasteiger charge is 2.18. The normalized spacial score (nSPS) is 17.3. The number of ether oxygens (including phenoxy) is 1. The number of benzene rings is 1. The van der Waals surface area contributed by atoms with Gasteiger partial charge in [0.25, 0.3) is 5.91 Å². The maximum atomic E-state index is 12.0. The van der Waals surface area contributed by atoms with E-state index in [1.165, 1.54) is 5.56 Å². The summed E-state index contributed by atoms with van der Waals surface area (Å²) in [6.07, 6.45) is 3.75. The molecule has 1 atom stereocenters. The van der Waals surface area contributed by atoms with Gasteiger partial charge in [-0.1, -0.05) is 35.5 Å². The van der Waals surface area contributed by atoms with E-state index in [4.69, 9.17) is 9.26 Å². The second-order valence-electron chi connectivity index (χ2n) is 5.96. The predicted molar refractivity (Wildman–Crippen MR) is 86.2 cm³/mol. The van der Waals surface area contributed by atoms with Crippen LogP contribution in [0.2, 0.25) is 0 Å². The first kappa shape index (κ1) is 15.7. The summed E-state index contributed by atoms with van der Waals surface area (Å²) in [7, 11) is 0. The third kappa shape index (κ3) is 4.66. The SMILES string of the molecule is O=C(NCC1CCOC1)c1cc(CCCc2ccccc2)on1. The Labute approximate surface area is 136 Å². The van der Waals surface area contributed by atoms with Gasteiger partial charge in [0.05, 0.1) is 6.61 Å². The molecule has 2 heterocycles. The Bertz CT molecular complexity index is 618. The van der Waals surface area contributed by atoms with Crippen molar-refractivity contribution in [1.82, 2.24) is 10.5 Å². The van der Waals surface area contributed by atoms with Crippen molar-refractivity contribution in [3.63, 3.8) is 0 Å². The molecule has 1 aliphatic heterocycles. The summed E-state index contributed by atoms with van der Waals surface area (Å²) in [5.74, 6) is 1.00. The van der Waals surface area contributed by atoms with Gasteiger partial charge in [0.1, 0.15) is 5.76 Å². The van der Waals surface area contributed by atoms with Crippen LogP contribution in [0.4, 0.5) is 0 Å². The van der Waals surface area contributed by atoms with Crippen molar-refractivity contribution in [3.05, 3.63) is 53.4 Å². The lowest BCUT2D eigenvalue weighted by Gasteiger charge is -2.07. The van der Waals surface area contributed by atoms with Crippen LogP contribution in [-0.2, 0) is 17.6 Å². The largest absolute Gasteiger partial charge is 0.381 e. The van der Waals surface area contributed by atoms with Crippen LogP contribution < -0.4 is 5.32 Å². The topological polar surface area (TPSA) is 64.4 Å². The molecule has 1 amide bonds. The summed E-state index contributed by atoms with van der Waals surface area (Å²) in [6.45, 7) is 2.15. The molecular weight excluding hydrogens is 292 g/mol. The van der Waals surface area contributed by atoms with Crippen molar-refractivity contribution in [2.45, 2.75) is 25.7 Å². The lowest BCUT2D eigenvalue weighted by Crippen LogP contribution is -2.29. The molecule has 0 aliphatic carbocycles. The molecule has 23 heavy (non-hydrogen) atoms. The van der Waals surface area contributed by atoms with Gasteiger partial charge in [0, 0.05) is 31.6 Å². The van der Waals surface area contributed by atoms with Crippen LogP contribution in [0.25, 0.3) is 0 Å². The minimum Gasteiger partial charge on any atom is -0.381 e. The number of carbonyl (C=O) groups is 1. The quantitative estimate of drug-likeness (QED) is 0.853. The van der Waals surface area contributed by atoms with Gasteiger partial charge in [-0.3, -0.25) is 4.79 Å². The second-order valence-corrected chi connectivity index (χ2v) is 5.96. The highest BCUT2D eigenvalue weighted by molar-refractivity contribution is 5.92. The Hall–Kier alpha value is -2.14. The van der Waals surface area contributed by atoms with Crippen LogP contribution in [0.15, 0.2) is 40.9 Å². The Morgan fingerprint density at radius 3 is 2.91 bits per heavy atom. The Kier molecular flexibility index (Phi) is 5.42. The summed E-state index contributed by atoms with van der Waals surface area (Å²) < 4.78 is 10.6. The number of aryl methyl sites for hydroxylation is 2. The van der Waals surface area contributed by atoms with Gasteiger partial charge >= 0.3 is 0 Å². The van der Waals surface area contributed by atoms with Crippen molar-refractivity contribution in [3.8, 4) is 0 Å². The third-order valence-corrected chi connectivity index (χ3v) is 4.10. The van der Waals surface area contributed by atoms with Crippen molar-refractivity contribution >= 4 is 5.91 Å². The fraction of sp³-hybridized carbons (Fsp3) is 0.444. The average molecular weight is 314 g/mol.